The molecule has 1 rings (SSSR count). The molecule has 8 heavy (non-hydrogen) atoms. The molecule has 0 aliphatic carbocycles. The lowest BCUT2D eigenvalue weighted by molar-refractivity contribution is 0.0528. The summed E-state index contributed by atoms with van der Waals surface area (Å²) in [5.41, 5.74) is -0.458. The highest BCUT2D eigenvalue weighted by Gasteiger charge is 2.32. The van der Waals surface area contributed by atoms with Crippen molar-refractivity contribution in [3.63, 3.8) is 0 Å². The lowest BCUT2D eigenvalue weighted by Gasteiger charge is -2.20. The van der Waals surface area contributed by atoms with E-state index in [4.69, 9.17) is 0 Å². The Balaban J connectivity index is 2.54. The third kappa shape index (κ3) is 0.858. The van der Waals surface area contributed by atoms with Gasteiger partial charge in [0.15, 0.2) is 0 Å². The molecule has 2 heteroatoms. The first-order valence-corrected chi connectivity index (χ1v) is 3.09. The van der Waals surface area contributed by atoms with Gasteiger partial charge < -0.3 is 10.4 Å². The molecule has 0 aromatic rings. The topological polar surface area (TPSA) is 32.3 Å². The molecule has 1 aliphatic rings. The first-order chi connectivity index (χ1) is 3.63. The van der Waals surface area contributed by atoms with Crippen LogP contribution in [0.5, 0.6) is 0 Å². The Bertz CT molecular complexity index is 90.5. The zero-order chi connectivity index (χ0) is 6.20. The molecule has 0 bridgehead atoms. The van der Waals surface area contributed by atoms with E-state index in [2.05, 4.69) is 5.32 Å². The van der Waals surface area contributed by atoms with Crippen molar-refractivity contribution >= 4 is 0 Å². The van der Waals surface area contributed by atoms with Crippen molar-refractivity contribution in [1.29, 1.82) is 0 Å². The summed E-state index contributed by atoms with van der Waals surface area (Å²) in [4.78, 5) is 0. The van der Waals surface area contributed by atoms with Crippen LogP contribution in [-0.4, -0.2) is 23.3 Å². The molecule has 0 radical (unpaired) electrons. The number of rotatable bonds is 0. The third-order valence-electron chi connectivity index (χ3n) is 2.01. The molecule has 1 aliphatic heterocycles. The van der Waals surface area contributed by atoms with E-state index in [-0.39, 0.29) is 6.04 Å². The van der Waals surface area contributed by atoms with Crippen LogP contribution in [0.1, 0.15) is 20.3 Å². The number of nitrogens with one attached hydrogen (secondary N) is 1. The summed E-state index contributed by atoms with van der Waals surface area (Å²) in [5, 5.41) is 12.6. The maximum Gasteiger partial charge on any atom is 0.0781 e. The minimum atomic E-state index is -0.458. The fraction of sp³-hybridized carbons (Fsp3) is 1.00. The molecular weight excluding hydrogens is 102 g/mol. The van der Waals surface area contributed by atoms with Gasteiger partial charge in [0.05, 0.1) is 5.60 Å². The smallest absolute Gasteiger partial charge is 0.0781 e. The minimum absolute atomic E-state index is 0.266. The average molecular weight is 115 g/mol. The van der Waals surface area contributed by atoms with Gasteiger partial charge in [0.25, 0.3) is 0 Å². The Hall–Kier alpha value is -0.0800. The second-order valence-corrected chi connectivity index (χ2v) is 2.78. The summed E-state index contributed by atoms with van der Waals surface area (Å²) in [6, 6.07) is 0.266. The van der Waals surface area contributed by atoms with E-state index in [0.29, 0.717) is 0 Å². The van der Waals surface area contributed by atoms with Crippen molar-refractivity contribution in [3.8, 4) is 0 Å². The lowest BCUT2D eigenvalue weighted by atomic mass is 9.99. The third-order valence-corrected chi connectivity index (χ3v) is 2.01. The van der Waals surface area contributed by atoms with E-state index in [9.17, 15) is 5.11 Å². The molecule has 0 aromatic carbocycles. The van der Waals surface area contributed by atoms with E-state index >= 15 is 0 Å². The molecule has 1 saturated heterocycles. The van der Waals surface area contributed by atoms with Gasteiger partial charge in [-0.3, -0.25) is 0 Å². The van der Waals surface area contributed by atoms with Crippen LogP contribution >= 0.6 is 0 Å². The average Bonchev–Trinajstić information content (AvgIpc) is 1.86. The van der Waals surface area contributed by atoms with E-state index in [0.717, 1.165) is 13.0 Å². The van der Waals surface area contributed by atoms with Crippen LogP contribution in [0.2, 0.25) is 0 Å². The van der Waals surface area contributed by atoms with Crippen molar-refractivity contribution in [3.05, 3.63) is 0 Å². The van der Waals surface area contributed by atoms with Crippen LogP contribution in [0.4, 0.5) is 0 Å². The summed E-state index contributed by atoms with van der Waals surface area (Å²) in [6.45, 7) is 4.83. The maximum atomic E-state index is 9.40. The molecule has 2 N–H and O–H groups in total. The van der Waals surface area contributed by atoms with Gasteiger partial charge in [-0.2, -0.15) is 0 Å². The van der Waals surface area contributed by atoms with Crippen LogP contribution in [-0.2, 0) is 0 Å². The van der Waals surface area contributed by atoms with Gasteiger partial charge in [-0.1, -0.05) is 0 Å². The normalized spacial score (nSPS) is 47.6. The van der Waals surface area contributed by atoms with E-state index in [1.165, 1.54) is 0 Å². The standard InChI is InChI=1S/C6H13NO/c1-5-6(2,8)3-4-7-5/h5,7-8H,3-4H2,1-2H3/t5-,6+/m1/s1. The van der Waals surface area contributed by atoms with Gasteiger partial charge in [-0.15, -0.1) is 0 Å². The Labute approximate surface area is 49.9 Å². The highest BCUT2D eigenvalue weighted by molar-refractivity contribution is 4.90. The molecule has 2 atom stereocenters. The molecule has 0 unspecified atom stereocenters. The Morgan fingerprint density at radius 1 is 1.75 bits per heavy atom. The van der Waals surface area contributed by atoms with Crippen LogP contribution in [0.3, 0.4) is 0 Å². The van der Waals surface area contributed by atoms with Crippen molar-refractivity contribution in [2.45, 2.75) is 31.9 Å². The van der Waals surface area contributed by atoms with Gasteiger partial charge in [0, 0.05) is 6.04 Å². The van der Waals surface area contributed by atoms with Gasteiger partial charge in [0.1, 0.15) is 0 Å². The van der Waals surface area contributed by atoms with Crippen molar-refractivity contribution < 1.29 is 5.11 Å². The number of hydrogen-bond donors (Lipinski definition) is 2. The summed E-state index contributed by atoms with van der Waals surface area (Å²) >= 11 is 0. The van der Waals surface area contributed by atoms with Crippen LogP contribution in [0, 0.1) is 0 Å². The molecule has 48 valence electrons. The number of aliphatic hydroxyl groups is 1. The predicted octanol–water partition coefficient (Wildman–Crippen LogP) is 0.119. The fourth-order valence-corrected chi connectivity index (χ4v) is 0.978. The minimum Gasteiger partial charge on any atom is -0.389 e. The van der Waals surface area contributed by atoms with Gasteiger partial charge in [-0.25, -0.2) is 0 Å². The van der Waals surface area contributed by atoms with Gasteiger partial charge in [-0.05, 0) is 26.8 Å². The van der Waals surface area contributed by atoms with E-state index in [1.807, 2.05) is 13.8 Å². The predicted molar refractivity (Wildman–Crippen MR) is 32.7 cm³/mol. The van der Waals surface area contributed by atoms with Gasteiger partial charge >= 0.3 is 0 Å². The van der Waals surface area contributed by atoms with E-state index in [1.54, 1.807) is 0 Å². The summed E-state index contributed by atoms with van der Waals surface area (Å²) < 4.78 is 0. The van der Waals surface area contributed by atoms with E-state index < -0.39 is 5.60 Å². The Kier molecular flexibility index (Phi) is 1.29. The molecule has 0 saturated carbocycles. The quantitative estimate of drug-likeness (QED) is 0.470. The first kappa shape index (κ1) is 6.05. The van der Waals surface area contributed by atoms with Crippen molar-refractivity contribution in [1.82, 2.24) is 5.32 Å². The Morgan fingerprint density at radius 3 is 2.50 bits per heavy atom. The highest BCUT2D eigenvalue weighted by Crippen LogP contribution is 2.18. The highest BCUT2D eigenvalue weighted by atomic mass is 16.3. The molecule has 1 heterocycles. The zero-order valence-electron chi connectivity index (χ0n) is 5.44. The van der Waals surface area contributed by atoms with Crippen LogP contribution in [0.15, 0.2) is 0 Å². The second-order valence-electron chi connectivity index (χ2n) is 2.78. The summed E-state index contributed by atoms with van der Waals surface area (Å²) in [5.74, 6) is 0. The molecule has 2 nitrogen and oxygen atoms in total. The SMILES string of the molecule is C[C@H]1NCC[C@]1(C)O. The number of hydrogen-bond acceptors (Lipinski definition) is 2. The van der Waals surface area contributed by atoms with Gasteiger partial charge in [0.2, 0.25) is 0 Å². The second kappa shape index (κ2) is 1.71. The molecule has 0 aromatic heterocycles. The summed E-state index contributed by atoms with van der Waals surface area (Å²) in [6.07, 6.45) is 0.883. The van der Waals surface area contributed by atoms with Crippen molar-refractivity contribution in [2.75, 3.05) is 6.54 Å². The first-order valence-electron chi connectivity index (χ1n) is 3.09. The molecule has 1 fully saturated rings. The van der Waals surface area contributed by atoms with Crippen LogP contribution in [0.25, 0.3) is 0 Å². The summed E-state index contributed by atoms with van der Waals surface area (Å²) in [7, 11) is 0. The monoisotopic (exact) mass is 115 g/mol. The van der Waals surface area contributed by atoms with Crippen LogP contribution < -0.4 is 5.32 Å². The molecular formula is C6H13NO. The maximum absolute atomic E-state index is 9.40. The molecule has 0 spiro atoms. The molecule has 0 amide bonds. The van der Waals surface area contributed by atoms with Crippen molar-refractivity contribution in [2.24, 2.45) is 0 Å². The largest absolute Gasteiger partial charge is 0.389 e. The Morgan fingerprint density at radius 2 is 2.38 bits per heavy atom. The fourth-order valence-electron chi connectivity index (χ4n) is 0.978. The zero-order valence-corrected chi connectivity index (χ0v) is 5.44. The lowest BCUT2D eigenvalue weighted by Crippen LogP contribution is -2.36.